The number of aromatic nitrogens is 1. The molecule has 1 unspecified atom stereocenters. The first-order valence-electron chi connectivity index (χ1n) is 6.29. The summed E-state index contributed by atoms with van der Waals surface area (Å²) in [6.07, 6.45) is 0.608. The third-order valence-corrected chi connectivity index (χ3v) is 4.75. The largest absolute Gasteiger partial charge is 0.370 e. The molecule has 0 radical (unpaired) electrons. The lowest BCUT2D eigenvalue weighted by molar-refractivity contribution is 0.0311. The van der Waals surface area contributed by atoms with E-state index < -0.39 is 16.1 Å². The van der Waals surface area contributed by atoms with E-state index in [2.05, 4.69) is 10.3 Å². The summed E-state index contributed by atoms with van der Waals surface area (Å²) in [6, 6.07) is 5.06. The molecule has 0 aromatic carbocycles. The van der Waals surface area contributed by atoms with Crippen LogP contribution in [0, 0.1) is 11.3 Å². The predicted molar refractivity (Wildman–Crippen MR) is 72.5 cm³/mol. The lowest BCUT2D eigenvalue weighted by atomic mass is 10.3. The molecule has 7 nitrogen and oxygen atoms in total. The van der Waals surface area contributed by atoms with Crippen LogP contribution in [0.25, 0.3) is 0 Å². The number of morpholine rings is 1. The van der Waals surface area contributed by atoms with Crippen molar-refractivity contribution in [2.45, 2.75) is 17.9 Å². The van der Waals surface area contributed by atoms with Gasteiger partial charge in [0.1, 0.15) is 10.7 Å². The minimum absolute atomic E-state index is 0.0494. The van der Waals surface area contributed by atoms with Gasteiger partial charge in [0.15, 0.2) is 6.10 Å². The van der Waals surface area contributed by atoms with Crippen LogP contribution in [0.4, 0.5) is 5.82 Å². The summed E-state index contributed by atoms with van der Waals surface area (Å²) in [4.78, 5) is 4.18. The molecule has 0 saturated carbocycles. The quantitative estimate of drug-likeness (QED) is 0.865. The van der Waals surface area contributed by atoms with Crippen LogP contribution < -0.4 is 5.32 Å². The summed E-state index contributed by atoms with van der Waals surface area (Å²) in [5.74, 6) is 0.628. The zero-order valence-electron chi connectivity index (χ0n) is 11.1. The number of sulfonamides is 1. The molecule has 0 amide bonds. The normalized spacial score (nSPS) is 20.3. The van der Waals surface area contributed by atoms with Crippen LogP contribution in [-0.2, 0) is 14.8 Å². The van der Waals surface area contributed by atoms with Gasteiger partial charge in [0.2, 0.25) is 10.0 Å². The van der Waals surface area contributed by atoms with E-state index in [-0.39, 0.29) is 24.6 Å². The van der Waals surface area contributed by atoms with E-state index in [0.717, 1.165) is 0 Å². The number of pyridine rings is 1. The molecule has 1 aliphatic rings. The van der Waals surface area contributed by atoms with Gasteiger partial charge in [0, 0.05) is 19.3 Å². The van der Waals surface area contributed by atoms with Crippen LogP contribution in [0.15, 0.2) is 23.2 Å². The molecular formula is C12H16N4O3S. The van der Waals surface area contributed by atoms with Crippen LogP contribution >= 0.6 is 0 Å². The third kappa shape index (κ3) is 3.07. The van der Waals surface area contributed by atoms with Crippen molar-refractivity contribution in [3.05, 3.63) is 18.3 Å². The molecule has 1 aromatic rings. The maximum Gasteiger partial charge on any atom is 0.244 e. The van der Waals surface area contributed by atoms with E-state index in [9.17, 15) is 8.42 Å². The van der Waals surface area contributed by atoms with E-state index in [1.54, 1.807) is 6.07 Å². The Labute approximate surface area is 118 Å². The van der Waals surface area contributed by atoms with E-state index in [1.165, 1.54) is 16.6 Å². The van der Waals surface area contributed by atoms with Crippen molar-refractivity contribution in [3.8, 4) is 6.07 Å². The summed E-state index contributed by atoms with van der Waals surface area (Å²) in [5, 5.41) is 11.8. The third-order valence-electron chi connectivity index (χ3n) is 2.91. The fourth-order valence-electron chi connectivity index (χ4n) is 1.89. The summed E-state index contributed by atoms with van der Waals surface area (Å²) < 4.78 is 31.2. The summed E-state index contributed by atoms with van der Waals surface area (Å²) >= 11 is 0. The highest BCUT2D eigenvalue weighted by Gasteiger charge is 2.30. The van der Waals surface area contributed by atoms with Crippen LogP contribution in [0.5, 0.6) is 0 Å². The second kappa shape index (κ2) is 6.17. The van der Waals surface area contributed by atoms with Gasteiger partial charge in [-0.05, 0) is 19.1 Å². The Morgan fingerprint density at radius 1 is 1.60 bits per heavy atom. The Morgan fingerprint density at radius 2 is 2.40 bits per heavy atom. The molecule has 1 saturated heterocycles. The Morgan fingerprint density at radius 3 is 3.00 bits per heavy atom. The Kier molecular flexibility index (Phi) is 4.54. The van der Waals surface area contributed by atoms with Crippen molar-refractivity contribution >= 4 is 15.8 Å². The Bertz CT molecular complexity index is 594. The maximum atomic E-state index is 12.4. The highest BCUT2D eigenvalue weighted by molar-refractivity contribution is 7.89. The fourth-order valence-corrected chi connectivity index (χ4v) is 3.26. The molecule has 0 aliphatic carbocycles. The first-order chi connectivity index (χ1) is 9.57. The summed E-state index contributed by atoms with van der Waals surface area (Å²) in [7, 11) is -3.62. The number of anilines is 1. The minimum Gasteiger partial charge on any atom is -0.370 e. The number of nitrogens with zero attached hydrogens (tertiary/aromatic N) is 3. The predicted octanol–water partition coefficient (Wildman–Crippen LogP) is 0.426. The van der Waals surface area contributed by atoms with Crippen molar-refractivity contribution in [1.82, 2.24) is 9.29 Å². The van der Waals surface area contributed by atoms with Gasteiger partial charge in [-0.15, -0.1) is 0 Å². The smallest absolute Gasteiger partial charge is 0.244 e. The molecule has 1 fully saturated rings. The molecule has 2 heterocycles. The van der Waals surface area contributed by atoms with Crippen LogP contribution in [0.3, 0.4) is 0 Å². The first kappa shape index (κ1) is 14.7. The van der Waals surface area contributed by atoms with E-state index in [0.29, 0.717) is 12.4 Å². The molecule has 8 heteroatoms. The zero-order chi connectivity index (χ0) is 14.6. The van der Waals surface area contributed by atoms with Crippen LogP contribution in [-0.4, -0.2) is 50.1 Å². The highest BCUT2D eigenvalue weighted by atomic mass is 32.2. The van der Waals surface area contributed by atoms with Crippen molar-refractivity contribution in [1.29, 1.82) is 5.26 Å². The number of ether oxygens (including phenoxy) is 1. The van der Waals surface area contributed by atoms with Crippen molar-refractivity contribution in [2.75, 3.05) is 31.6 Å². The van der Waals surface area contributed by atoms with Crippen LogP contribution in [0.2, 0.25) is 0 Å². The average molecular weight is 296 g/mol. The lowest BCUT2D eigenvalue weighted by Gasteiger charge is -2.28. The number of nitriles is 1. The molecule has 0 spiro atoms. The first-order valence-corrected chi connectivity index (χ1v) is 7.73. The average Bonchev–Trinajstić information content (AvgIpc) is 2.48. The number of rotatable bonds is 4. The van der Waals surface area contributed by atoms with Crippen LogP contribution in [0.1, 0.15) is 6.92 Å². The molecule has 1 atom stereocenters. The van der Waals surface area contributed by atoms with E-state index in [4.69, 9.17) is 10.00 Å². The van der Waals surface area contributed by atoms with E-state index >= 15 is 0 Å². The highest BCUT2D eigenvalue weighted by Crippen LogP contribution is 2.19. The van der Waals surface area contributed by atoms with Crippen molar-refractivity contribution in [3.63, 3.8) is 0 Å². The van der Waals surface area contributed by atoms with Gasteiger partial charge in [0.25, 0.3) is 0 Å². The SMILES string of the molecule is CCNc1ccc(S(=O)(=O)N2CCOC(C#N)C2)cn1. The maximum absolute atomic E-state index is 12.4. The van der Waals surface area contributed by atoms with Gasteiger partial charge < -0.3 is 10.1 Å². The number of hydrogen-bond acceptors (Lipinski definition) is 6. The molecular weight excluding hydrogens is 280 g/mol. The van der Waals surface area contributed by atoms with Gasteiger partial charge in [-0.3, -0.25) is 0 Å². The molecule has 0 bridgehead atoms. The van der Waals surface area contributed by atoms with Gasteiger partial charge in [-0.2, -0.15) is 9.57 Å². The Balaban J connectivity index is 2.19. The summed E-state index contributed by atoms with van der Waals surface area (Å²) in [6.45, 7) is 3.16. The zero-order valence-corrected chi connectivity index (χ0v) is 11.9. The second-order valence-corrected chi connectivity index (χ2v) is 6.20. The molecule has 1 aromatic heterocycles. The van der Waals surface area contributed by atoms with E-state index in [1.807, 2.05) is 13.0 Å². The topological polar surface area (TPSA) is 95.3 Å². The van der Waals surface area contributed by atoms with Gasteiger partial charge in [-0.1, -0.05) is 0 Å². The van der Waals surface area contributed by atoms with Crippen molar-refractivity contribution < 1.29 is 13.2 Å². The lowest BCUT2D eigenvalue weighted by Crippen LogP contribution is -2.45. The second-order valence-electron chi connectivity index (χ2n) is 4.26. The number of nitrogens with one attached hydrogen (secondary N) is 1. The fraction of sp³-hybridized carbons (Fsp3) is 0.500. The monoisotopic (exact) mass is 296 g/mol. The molecule has 20 heavy (non-hydrogen) atoms. The number of hydrogen-bond donors (Lipinski definition) is 1. The standard InChI is InChI=1S/C12H16N4O3S/c1-2-14-12-4-3-11(8-15-12)20(17,18)16-5-6-19-10(7-13)9-16/h3-4,8,10H,2,5-6,9H2,1H3,(H,14,15). The van der Waals surface area contributed by atoms with Crippen molar-refractivity contribution in [2.24, 2.45) is 0 Å². The van der Waals surface area contributed by atoms with Gasteiger partial charge >= 0.3 is 0 Å². The molecule has 1 N–H and O–H groups in total. The van der Waals surface area contributed by atoms with Gasteiger partial charge in [0.05, 0.1) is 19.2 Å². The van der Waals surface area contributed by atoms with Gasteiger partial charge in [-0.25, -0.2) is 13.4 Å². The molecule has 2 rings (SSSR count). The Hall–Kier alpha value is -1.69. The molecule has 1 aliphatic heterocycles. The summed E-state index contributed by atoms with van der Waals surface area (Å²) in [5.41, 5.74) is 0. The minimum atomic E-state index is -3.62. The molecule has 108 valence electrons.